The highest BCUT2D eigenvalue weighted by molar-refractivity contribution is 7.13. The molecule has 2 amide bonds. The van der Waals surface area contributed by atoms with E-state index in [1.54, 1.807) is 11.3 Å². The molecular formula is C17H26N4O3S. The molecule has 0 radical (unpaired) electrons. The summed E-state index contributed by atoms with van der Waals surface area (Å²) in [5.74, 6) is 0.0447. The second-order valence-electron chi connectivity index (χ2n) is 6.47. The molecule has 0 aliphatic carbocycles. The van der Waals surface area contributed by atoms with E-state index in [4.69, 9.17) is 4.74 Å². The number of carbonyl (C=O) groups is 2. The largest absolute Gasteiger partial charge is 0.378 e. The first-order valence-corrected chi connectivity index (χ1v) is 9.88. The number of ether oxygens (including phenoxy) is 1. The minimum Gasteiger partial charge on any atom is -0.378 e. The van der Waals surface area contributed by atoms with Gasteiger partial charge < -0.3 is 19.9 Å². The highest BCUT2D eigenvalue weighted by atomic mass is 32.1. The smallest absolute Gasteiger partial charge is 0.225 e. The average Bonchev–Trinajstić information content (AvgIpc) is 3.15. The number of piperidine rings is 1. The van der Waals surface area contributed by atoms with Crippen molar-refractivity contribution in [1.82, 2.24) is 15.2 Å². The van der Waals surface area contributed by atoms with E-state index >= 15 is 0 Å². The quantitative estimate of drug-likeness (QED) is 0.849. The van der Waals surface area contributed by atoms with Crippen LogP contribution in [0.5, 0.6) is 0 Å². The predicted octanol–water partition coefficient (Wildman–Crippen LogP) is 1.24. The monoisotopic (exact) mass is 366 g/mol. The van der Waals surface area contributed by atoms with Crippen LogP contribution in [0.1, 0.15) is 31.9 Å². The Hall–Kier alpha value is -1.67. The Kier molecular flexibility index (Phi) is 6.25. The van der Waals surface area contributed by atoms with Gasteiger partial charge >= 0.3 is 0 Å². The van der Waals surface area contributed by atoms with Crippen LogP contribution in [-0.4, -0.2) is 61.1 Å². The van der Waals surface area contributed by atoms with Crippen molar-refractivity contribution in [3.8, 4) is 0 Å². The van der Waals surface area contributed by atoms with Crippen LogP contribution in [-0.2, 0) is 20.9 Å². The molecule has 0 spiro atoms. The van der Waals surface area contributed by atoms with Gasteiger partial charge in [-0.2, -0.15) is 0 Å². The maximum atomic E-state index is 12.4. The third-order valence-electron chi connectivity index (χ3n) is 4.71. The molecular weight excluding hydrogens is 340 g/mol. The van der Waals surface area contributed by atoms with Crippen LogP contribution in [0.4, 0.5) is 5.13 Å². The van der Waals surface area contributed by atoms with Gasteiger partial charge in [-0.15, -0.1) is 11.3 Å². The van der Waals surface area contributed by atoms with E-state index in [1.165, 1.54) is 0 Å². The lowest BCUT2D eigenvalue weighted by Crippen LogP contribution is -2.45. The number of morpholine rings is 1. The Labute approximate surface area is 152 Å². The van der Waals surface area contributed by atoms with E-state index < -0.39 is 0 Å². The Balaban J connectivity index is 1.48. The summed E-state index contributed by atoms with van der Waals surface area (Å²) >= 11 is 1.61. The van der Waals surface area contributed by atoms with Gasteiger partial charge in [0, 0.05) is 38.0 Å². The number of carbonyl (C=O) groups excluding carboxylic acids is 2. The number of rotatable bonds is 5. The van der Waals surface area contributed by atoms with Crippen molar-refractivity contribution in [2.45, 2.75) is 32.7 Å². The first kappa shape index (κ1) is 18.1. The van der Waals surface area contributed by atoms with Crippen molar-refractivity contribution in [3.05, 3.63) is 11.1 Å². The molecule has 0 bridgehead atoms. The van der Waals surface area contributed by atoms with Crippen LogP contribution in [0, 0.1) is 5.92 Å². The summed E-state index contributed by atoms with van der Waals surface area (Å²) in [5.41, 5.74) is 0.886. The maximum absolute atomic E-state index is 12.4. The zero-order valence-electron chi connectivity index (χ0n) is 14.7. The Morgan fingerprint density at radius 3 is 2.92 bits per heavy atom. The number of likely N-dealkylation sites (tertiary alicyclic amines) is 1. The molecule has 0 aromatic carbocycles. The highest BCUT2D eigenvalue weighted by Gasteiger charge is 2.27. The van der Waals surface area contributed by atoms with Crippen molar-refractivity contribution in [1.29, 1.82) is 0 Å². The minimum absolute atomic E-state index is 0.0227. The van der Waals surface area contributed by atoms with Crippen molar-refractivity contribution < 1.29 is 14.3 Å². The Bertz CT molecular complexity index is 600. The zero-order chi connectivity index (χ0) is 17.6. The second-order valence-corrected chi connectivity index (χ2v) is 7.31. The lowest BCUT2D eigenvalue weighted by molar-refractivity contribution is -0.135. The molecule has 7 nitrogen and oxygen atoms in total. The topological polar surface area (TPSA) is 74.8 Å². The fraction of sp³-hybridized carbons (Fsp3) is 0.706. The Morgan fingerprint density at radius 2 is 2.16 bits per heavy atom. The third-order valence-corrected chi connectivity index (χ3v) is 5.66. The van der Waals surface area contributed by atoms with Crippen molar-refractivity contribution in [3.63, 3.8) is 0 Å². The summed E-state index contributed by atoms with van der Waals surface area (Å²) in [6.45, 7) is 6.81. The summed E-state index contributed by atoms with van der Waals surface area (Å²) in [6.07, 6.45) is 2.23. The molecule has 1 N–H and O–H groups in total. The molecule has 2 fully saturated rings. The molecule has 1 atom stereocenters. The standard InChI is InChI=1S/C17H26N4O3S/c1-2-15(22)21-5-3-4-13(11-21)16(23)18-10-14-12-25-17(19-14)20-6-8-24-9-7-20/h12-13H,2-11H2,1H3,(H,18,23)/t13-/m1/s1. The average molecular weight is 366 g/mol. The maximum Gasteiger partial charge on any atom is 0.225 e. The molecule has 2 aliphatic heterocycles. The van der Waals surface area contributed by atoms with Gasteiger partial charge in [0.2, 0.25) is 11.8 Å². The number of nitrogens with one attached hydrogen (secondary N) is 1. The first-order valence-electron chi connectivity index (χ1n) is 9.00. The summed E-state index contributed by atoms with van der Waals surface area (Å²) in [7, 11) is 0. The number of amides is 2. The number of aromatic nitrogens is 1. The minimum atomic E-state index is -0.110. The molecule has 0 unspecified atom stereocenters. The van der Waals surface area contributed by atoms with Gasteiger partial charge in [-0.05, 0) is 12.8 Å². The normalized spacial score (nSPS) is 21.2. The predicted molar refractivity (Wildman–Crippen MR) is 96.6 cm³/mol. The van der Waals surface area contributed by atoms with Crippen LogP contribution < -0.4 is 10.2 Å². The van der Waals surface area contributed by atoms with Crippen molar-refractivity contribution in [2.75, 3.05) is 44.3 Å². The van der Waals surface area contributed by atoms with E-state index in [1.807, 2.05) is 17.2 Å². The zero-order valence-corrected chi connectivity index (χ0v) is 15.5. The number of hydrogen-bond acceptors (Lipinski definition) is 6. The summed E-state index contributed by atoms with van der Waals surface area (Å²) in [4.78, 5) is 32.9. The first-order chi connectivity index (χ1) is 12.2. The third kappa shape index (κ3) is 4.70. The Morgan fingerprint density at radius 1 is 1.36 bits per heavy atom. The molecule has 1 aromatic rings. The molecule has 3 heterocycles. The lowest BCUT2D eigenvalue weighted by atomic mass is 9.97. The fourth-order valence-corrected chi connectivity index (χ4v) is 4.12. The van der Waals surface area contributed by atoms with Gasteiger partial charge in [-0.1, -0.05) is 6.92 Å². The molecule has 1 aromatic heterocycles. The van der Waals surface area contributed by atoms with Gasteiger partial charge in [-0.3, -0.25) is 9.59 Å². The molecule has 2 saturated heterocycles. The van der Waals surface area contributed by atoms with E-state index in [0.717, 1.165) is 56.5 Å². The fourth-order valence-electron chi connectivity index (χ4n) is 3.24. The molecule has 8 heteroatoms. The molecule has 3 rings (SSSR count). The van der Waals surface area contributed by atoms with E-state index in [9.17, 15) is 9.59 Å². The second kappa shape index (κ2) is 8.62. The molecule has 2 aliphatic rings. The van der Waals surface area contributed by atoms with Crippen molar-refractivity contribution in [2.24, 2.45) is 5.92 Å². The number of nitrogens with zero attached hydrogens (tertiary/aromatic N) is 3. The van der Waals surface area contributed by atoms with Gasteiger partial charge in [0.25, 0.3) is 0 Å². The summed E-state index contributed by atoms with van der Waals surface area (Å²) < 4.78 is 5.36. The SMILES string of the molecule is CCC(=O)N1CCC[C@@H](C(=O)NCc2csc(N3CCOCC3)n2)C1. The van der Waals surface area contributed by atoms with Gasteiger partial charge in [0.1, 0.15) is 0 Å². The summed E-state index contributed by atoms with van der Waals surface area (Å²) in [5, 5.41) is 5.98. The van der Waals surface area contributed by atoms with Gasteiger partial charge in [-0.25, -0.2) is 4.98 Å². The highest BCUT2D eigenvalue weighted by Crippen LogP contribution is 2.22. The molecule has 138 valence electrons. The van der Waals surface area contributed by atoms with E-state index in [0.29, 0.717) is 19.5 Å². The van der Waals surface area contributed by atoms with Crippen LogP contribution >= 0.6 is 11.3 Å². The van der Waals surface area contributed by atoms with Crippen LogP contribution in [0.3, 0.4) is 0 Å². The van der Waals surface area contributed by atoms with Gasteiger partial charge in [0.15, 0.2) is 5.13 Å². The van der Waals surface area contributed by atoms with Crippen LogP contribution in [0.25, 0.3) is 0 Å². The number of anilines is 1. The molecule has 25 heavy (non-hydrogen) atoms. The van der Waals surface area contributed by atoms with Crippen LogP contribution in [0.2, 0.25) is 0 Å². The van der Waals surface area contributed by atoms with Crippen LogP contribution in [0.15, 0.2) is 5.38 Å². The van der Waals surface area contributed by atoms with Crippen molar-refractivity contribution >= 4 is 28.3 Å². The van der Waals surface area contributed by atoms with E-state index in [-0.39, 0.29) is 17.7 Å². The number of hydrogen-bond donors (Lipinski definition) is 1. The molecule has 0 saturated carbocycles. The lowest BCUT2D eigenvalue weighted by Gasteiger charge is -2.31. The van der Waals surface area contributed by atoms with Gasteiger partial charge in [0.05, 0.1) is 31.4 Å². The number of thiazole rings is 1. The summed E-state index contributed by atoms with van der Waals surface area (Å²) in [6, 6.07) is 0. The van der Waals surface area contributed by atoms with E-state index in [2.05, 4.69) is 15.2 Å².